The topological polar surface area (TPSA) is 123 Å². The van der Waals surface area contributed by atoms with Crippen LogP contribution < -0.4 is 14.2 Å². The fraction of sp³-hybridized carbons (Fsp3) is 0.475. The van der Waals surface area contributed by atoms with E-state index < -0.39 is 35.0 Å². The Kier molecular flexibility index (Phi) is 20.6. The Balaban J connectivity index is 1.63. The number of hydrogen-bond donors (Lipinski definition) is 0. The van der Waals surface area contributed by atoms with Gasteiger partial charge >= 0.3 is 13.7 Å². The van der Waals surface area contributed by atoms with Gasteiger partial charge in [0.2, 0.25) is 4.89 Å². The van der Waals surface area contributed by atoms with Gasteiger partial charge in [0.25, 0.3) is 10.7 Å². The van der Waals surface area contributed by atoms with E-state index in [-0.39, 0.29) is 0 Å². The highest BCUT2D eigenvalue weighted by atomic mass is 35.9. The molecule has 60 heavy (non-hydrogen) atoms. The minimum Gasteiger partial charge on any atom is -0.481 e. The zero-order chi connectivity index (χ0) is 44.6. The monoisotopic (exact) mass is 969 g/mol. The molecule has 0 aromatic heterocycles. The highest BCUT2D eigenvalue weighted by Crippen LogP contribution is 2.59. The lowest BCUT2D eigenvalue weighted by Crippen LogP contribution is -2.31. The van der Waals surface area contributed by atoms with Crippen molar-refractivity contribution in [2.24, 2.45) is 20.4 Å². The lowest BCUT2D eigenvalue weighted by Gasteiger charge is -2.25. The van der Waals surface area contributed by atoms with Gasteiger partial charge in [-0.25, -0.2) is 4.78 Å². The zero-order valence-electron chi connectivity index (χ0n) is 35.7. The van der Waals surface area contributed by atoms with Crippen LogP contribution in [-0.2, 0) is 35.4 Å². The Bertz CT molecular complexity index is 2080. The SMILES string of the molecule is CCCCCC(C)(N=[N+]=[N-])Oc1ccc(/C=N/N(C)[P+](=S)C(C)(CCC)Oc2ccc(/C=N/N(C)[P+](=S)C(C)(CC)Oc3ccc(/C=N/N(C)P(=S)(Cl)Cl)cc3)cc2)cc1. The minimum atomic E-state index is -2.68. The third kappa shape index (κ3) is 16.1. The summed E-state index contributed by atoms with van der Waals surface area (Å²) in [6, 6.07) is 22.8. The molecule has 0 aliphatic carbocycles. The molecule has 0 N–H and O–H groups in total. The Morgan fingerprint density at radius 1 is 0.667 bits per heavy atom. The average molecular weight is 971 g/mol. The Labute approximate surface area is 382 Å². The molecular weight excluding hydrogens is 915 g/mol. The first-order chi connectivity index (χ1) is 28.3. The van der Waals surface area contributed by atoms with Crippen LogP contribution in [0.15, 0.2) is 93.2 Å². The van der Waals surface area contributed by atoms with Crippen molar-refractivity contribution in [1.82, 2.24) is 14.3 Å². The smallest absolute Gasteiger partial charge is 0.358 e. The molecular formula is C40H56Cl2N9O3P3S3+2. The number of hydrazone groups is 3. The number of halogens is 2. The molecule has 0 heterocycles. The summed E-state index contributed by atoms with van der Waals surface area (Å²) in [5.41, 5.74) is 10.8. The molecule has 5 unspecified atom stereocenters. The summed E-state index contributed by atoms with van der Waals surface area (Å²) in [4.78, 5) is 0.333. The van der Waals surface area contributed by atoms with Crippen molar-refractivity contribution >= 4 is 95.1 Å². The van der Waals surface area contributed by atoms with Gasteiger partial charge in [-0.2, -0.15) is 5.10 Å². The Morgan fingerprint density at radius 3 is 1.48 bits per heavy atom. The maximum absolute atomic E-state index is 9.10. The van der Waals surface area contributed by atoms with Crippen LogP contribution >= 0.6 is 41.1 Å². The minimum absolute atomic E-state index is 0.623. The third-order valence-electron chi connectivity index (χ3n) is 9.32. The van der Waals surface area contributed by atoms with E-state index in [1.807, 2.05) is 106 Å². The number of hydrogen-bond acceptors (Lipinski definition) is 10. The summed E-state index contributed by atoms with van der Waals surface area (Å²) < 4.78 is 24.2. The highest BCUT2D eigenvalue weighted by molar-refractivity contribution is 8.37. The maximum Gasteiger partial charge on any atom is 0.358 e. The molecule has 0 radical (unpaired) electrons. The van der Waals surface area contributed by atoms with Crippen molar-refractivity contribution in [2.75, 3.05) is 21.1 Å². The number of rotatable bonds is 25. The second-order valence-electron chi connectivity index (χ2n) is 14.5. The van der Waals surface area contributed by atoms with Gasteiger partial charge in [-0.1, -0.05) is 33.6 Å². The Morgan fingerprint density at radius 2 is 1.08 bits per heavy atom. The second kappa shape index (κ2) is 24.0. The first-order valence-corrected chi connectivity index (χ1v) is 28.7. The van der Waals surface area contributed by atoms with E-state index in [2.05, 4.69) is 42.8 Å². The Hall–Kier alpha value is -2.95. The summed E-state index contributed by atoms with van der Waals surface area (Å²) in [6.45, 7) is 9.66. The highest BCUT2D eigenvalue weighted by Gasteiger charge is 2.46. The first kappa shape index (κ1) is 51.4. The molecule has 324 valence electrons. The molecule has 3 aromatic carbocycles. The predicted molar refractivity (Wildman–Crippen MR) is 266 cm³/mol. The fourth-order valence-electron chi connectivity index (χ4n) is 5.66. The van der Waals surface area contributed by atoms with Crippen LogP contribution in [0.1, 0.15) is 103 Å². The summed E-state index contributed by atoms with van der Waals surface area (Å²) >= 11 is 29.2. The van der Waals surface area contributed by atoms with Crippen molar-refractivity contribution in [3.63, 3.8) is 0 Å². The van der Waals surface area contributed by atoms with E-state index >= 15 is 0 Å². The molecule has 0 saturated heterocycles. The lowest BCUT2D eigenvalue weighted by molar-refractivity contribution is 0.0835. The molecule has 20 heteroatoms. The van der Waals surface area contributed by atoms with Gasteiger partial charge in [-0.15, -0.1) is 19.8 Å². The fourth-order valence-corrected chi connectivity index (χ4v) is 9.90. The molecule has 0 amide bonds. The summed E-state index contributed by atoms with van der Waals surface area (Å²) in [5.74, 6) is 2.02. The van der Waals surface area contributed by atoms with Crippen LogP contribution in [-0.4, -0.2) is 70.5 Å². The first-order valence-electron chi connectivity index (χ1n) is 19.5. The molecule has 0 fully saturated rings. The van der Waals surface area contributed by atoms with Gasteiger partial charge in [0.1, 0.15) is 17.2 Å². The van der Waals surface area contributed by atoms with Crippen molar-refractivity contribution in [3.8, 4) is 17.2 Å². The summed E-state index contributed by atoms with van der Waals surface area (Å²) in [5, 5.41) is 16.3. The number of nitrogens with zero attached hydrogens (tertiary/aromatic N) is 9. The van der Waals surface area contributed by atoms with Gasteiger partial charge in [-0.3, -0.25) is 0 Å². The van der Waals surface area contributed by atoms with E-state index in [9.17, 15) is 0 Å². The van der Waals surface area contributed by atoms with Crippen LogP contribution in [0.2, 0.25) is 0 Å². The molecule has 3 aromatic rings. The largest absolute Gasteiger partial charge is 0.481 e. The van der Waals surface area contributed by atoms with Gasteiger partial charge in [0.15, 0.2) is 29.3 Å². The predicted octanol–water partition coefficient (Wildman–Crippen LogP) is 13.7. The standard InChI is InChI=1S/C40H56Cl2N9O3P3S3/c1-10-13-14-28-38(4,47-48-43)52-35-21-15-32(16-22-35)30-45-50(8)56(59)40(6,27-11-2)54-37-25-17-33(18-26-37)29-44-49(7)55(58)39(5,12-3)53-36-23-19-34(20-24-36)31-46-51(9)57(41,42)60/h15-26,29-31H,10-14,27-28H2,1-9H3/q+2/b44-29+,45-30+,46-31+. The average Bonchev–Trinajstić information content (AvgIpc) is 3.21. The summed E-state index contributed by atoms with van der Waals surface area (Å²) in [7, 11) is 5.41. The number of ether oxygens (including phenoxy) is 3. The van der Waals surface area contributed by atoms with E-state index in [1.165, 1.54) is 4.78 Å². The normalized spacial score (nSPS) is 15.4. The van der Waals surface area contributed by atoms with Crippen LogP contribution in [0.5, 0.6) is 17.2 Å². The lowest BCUT2D eigenvalue weighted by atomic mass is 10.1. The molecule has 0 aliphatic rings. The molecule has 0 aliphatic heterocycles. The van der Waals surface area contributed by atoms with E-state index in [1.54, 1.807) is 30.5 Å². The van der Waals surface area contributed by atoms with Crippen molar-refractivity contribution in [3.05, 3.63) is 99.9 Å². The molecule has 3 rings (SSSR count). The molecule has 0 saturated carbocycles. The number of unbranched alkanes of at least 4 members (excludes halogenated alkanes) is 2. The second-order valence-corrected chi connectivity index (χ2v) is 28.4. The van der Waals surface area contributed by atoms with Gasteiger partial charge in [0, 0.05) is 38.6 Å². The zero-order valence-corrected chi connectivity index (χ0v) is 42.3. The third-order valence-corrected chi connectivity index (χ3v) is 19.5. The maximum atomic E-state index is 9.10. The van der Waals surface area contributed by atoms with Crippen molar-refractivity contribution in [1.29, 1.82) is 0 Å². The number of azide groups is 1. The molecule has 0 spiro atoms. The number of benzene rings is 3. The summed E-state index contributed by atoms with van der Waals surface area (Å²) in [6.07, 6.45) is 11.2. The van der Waals surface area contributed by atoms with Gasteiger partial charge in [-0.05, 0) is 161 Å². The van der Waals surface area contributed by atoms with E-state index in [0.717, 1.165) is 48.8 Å². The molecule has 12 nitrogen and oxygen atoms in total. The van der Waals surface area contributed by atoms with Crippen LogP contribution in [0.25, 0.3) is 10.4 Å². The van der Waals surface area contributed by atoms with Crippen LogP contribution in [0, 0.1) is 0 Å². The van der Waals surface area contributed by atoms with E-state index in [4.69, 9.17) is 87.8 Å². The van der Waals surface area contributed by atoms with Crippen LogP contribution in [0.3, 0.4) is 0 Å². The van der Waals surface area contributed by atoms with Gasteiger partial charge < -0.3 is 14.2 Å². The van der Waals surface area contributed by atoms with Crippen molar-refractivity contribution < 1.29 is 14.2 Å². The van der Waals surface area contributed by atoms with Gasteiger partial charge in [0.05, 0.1) is 32.7 Å². The van der Waals surface area contributed by atoms with Crippen LogP contribution in [0.4, 0.5) is 0 Å². The van der Waals surface area contributed by atoms with Crippen molar-refractivity contribution in [2.45, 2.75) is 103 Å². The molecule has 0 bridgehead atoms. The molecule has 5 atom stereocenters. The van der Waals surface area contributed by atoms with E-state index in [0.29, 0.717) is 30.1 Å². The quantitative estimate of drug-likeness (QED) is 0.0155.